The zero-order valence-electron chi connectivity index (χ0n) is 24.6. The van der Waals surface area contributed by atoms with E-state index in [1.807, 2.05) is 6.07 Å². The molecule has 3 atom stereocenters. The van der Waals surface area contributed by atoms with Crippen LogP contribution in [0.5, 0.6) is 0 Å². The lowest BCUT2D eigenvalue weighted by molar-refractivity contribution is -0.137. The predicted octanol–water partition coefficient (Wildman–Crippen LogP) is 7.01. The van der Waals surface area contributed by atoms with Gasteiger partial charge in [-0.15, -0.1) is 0 Å². The van der Waals surface area contributed by atoms with Crippen molar-refractivity contribution in [1.29, 1.82) is 5.26 Å². The van der Waals surface area contributed by atoms with Crippen LogP contribution in [0, 0.1) is 17.1 Å². The number of piperidine rings is 1. The summed E-state index contributed by atoms with van der Waals surface area (Å²) < 4.78 is 109. The number of anilines is 1. The van der Waals surface area contributed by atoms with Gasteiger partial charge < -0.3 is 15.0 Å². The first kappa shape index (κ1) is 34.8. The van der Waals surface area contributed by atoms with Crippen molar-refractivity contribution < 1.29 is 44.3 Å². The van der Waals surface area contributed by atoms with Crippen molar-refractivity contribution in [3.05, 3.63) is 94.8 Å². The molecule has 3 aromatic carbocycles. The maximum Gasteiger partial charge on any atom is 0.416 e. The number of nitrogens with one attached hydrogen (secondary N) is 1. The minimum absolute atomic E-state index is 0.00248. The van der Waals surface area contributed by atoms with E-state index >= 15 is 4.39 Å². The summed E-state index contributed by atoms with van der Waals surface area (Å²) in [7, 11) is -3.46. The molecule has 1 aliphatic rings. The number of hydrogen-bond donors (Lipinski definition) is 1. The number of alkyl halides is 5. The van der Waals surface area contributed by atoms with E-state index in [0.717, 1.165) is 18.2 Å². The highest BCUT2D eigenvalue weighted by Crippen LogP contribution is 2.37. The van der Waals surface area contributed by atoms with Gasteiger partial charge >= 0.3 is 12.8 Å². The third-order valence-corrected chi connectivity index (χ3v) is 9.72. The Balaban J connectivity index is 1.55. The Morgan fingerprint density at radius 3 is 2.30 bits per heavy atom. The number of ether oxygens (including phenoxy) is 1. The number of amides is 1. The lowest BCUT2D eigenvalue weighted by atomic mass is 9.86. The van der Waals surface area contributed by atoms with Gasteiger partial charge in [0.1, 0.15) is 5.82 Å². The Morgan fingerprint density at radius 1 is 1.07 bits per heavy atom. The molecule has 246 valence electrons. The largest absolute Gasteiger partial charge is 0.416 e. The van der Waals surface area contributed by atoms with Gasteiger partial charge in [-0.25, -0.2) is 12.8 Å². The number of halogens is 6. The van der Waals surface area contributed by atoms with Gasteiger partial charge in [-0.3, -0.25) is 4.79 Å². The average Bonchev–Trinajstić information content (AvgIpc) is 3.03. The molecule has 7 nitrogen and oxygen atoms in total. The van der Waals surface area contributed by atoms with Crippen molar-refractivity contribution in [1.82, 2.24) is 5.32 Å². The Bertz CT molecular complexity index is 1660. The van der Waals surface area contributed by atoms with Crippen LogP contribution in [0.15, 0.2) is 71.6 Å². The molecule has 1 aliphatic heterocycles. The summed E-state index contributed by atoms with van der Waals surface area (Å²) in [4.78, 5) is 14.7. The highest BCUT2D eigenvalue weighted by atomic mass is 32.2. The third kappa shape index (κ3) is 8.38. The second kappa shape index (κ2) is 14.6. The molecule has 0 bridgehead atoms. The van der Waals surface area contributed by atoms with E-state index in [9.17, 15) is 40.4 Å². The topological polar surface area (TPSA) is 99.5 Å². The van der Waals surface area contributed by atoms with Gasteiger partial charge in [0.05, 0.1) is 53.1 Å². The van der Waals surface area contributed by atoms with Crippen LogP contribution in [0.4, 0.5) is 32.0 Å². The number of carbonyl (C=O) groups is 1. The molecule has 0 radical (unpaired) electrons. The van der Waals surface area contributed by atoms with Crippen molar-refractivity contribution in [2.75, 3.05) is 23.8 Å². The fourth-order valence-corrected chi connectivity index (χ4v) is 6.32. The summed E-state index contributed by atoms with van der Waals surface area (Å²) in [5.41, 5.74) is 0.131. The number of sulfone groups is 1. The minimum Gasteiger partial charge on any atom is -0.363 e. The SMILES string of the molecule is CCS(=O)(=O)c1ccc([C@@H](CC#N)NC(=O)c2ccc(N3C[C@@H](c4ccc(C(F)(F)F)cc4)CC[C@H]3COC(F)F)c(F)c2)cc1. The Morgan fingerprint density at radius 2 is 1.74 bits per heavy atom. The van der Waals surface area contributed by atoms with Crippen LogP contribution >= 0.6 is 0 Å². The summed E-state index contributed by atoms with van der Waals surface area (Å²) >= 11 is 0. The third-order valence-electron chi connectivity index (χ3n) is 7.97. The minimum atomic E-state index is -4.51. The van der Waals surface area contributed by atoms with Gasteiger partial charge in [0.25, 0.3) is 5.91 Å². The molecule has 0 saturated carbocycles. The molecule has 3 aromatic rings. The van der Waals surface area contributed by atoms with Crippen molar-refractivity contribution in [2.45, 2.75) is 61.9 Å². The number of benzene rings is 3. The molecule has 4 rings (SSSR count). The molecular formula is C32H31F6N3O4S. The summed E-state index contributed by atoms with van der Waals surface area (Å²) in [6.45, 7) is -1.88. The molecule has 46 heavy (non-hydrogen) atoms. The molecule has 0 aromatic heterocycles. The number of carbonyl (C=O) groups excluding carboxylic acids is 1. The van der Waals surface area contributed by atoms with Crippen molar-refractivity contribution in [3.8, 4) is 6.07 Å². The number of nitrogens with zero attached hydrogens (tertiary/aromatic N) is 2. The Kier molecular flexibility index (Phi) is 11.0. The van der Waals surface area contributed by atoms with E-state index in [1.165, 1.54) is 60.4 Å². The molecule has 0 unspecified atom stereocenters. The fourth-order valence-electron chi connectivity index (χ4n) is 5.44. The number of hydrogen-bond acceptors (Lipinski definition) is 6. The maximum absolute atomic E-state index is 15.6. The standard InChI is InChI=1S/C32H31F6N3O4S/c1-2-46(43,44)26-12-6-21(7-13-26)28(15-16-39)40-30(42)22-8-14-29(27(33)17-22)41-18-23(5-11-25(41)19-45-31(34)35)20-3-9-24(10-4-20)32(36,37)38/h3-4,6-10,12-14,17,23,25,28,31H,2,5,11,15,18-19H2,1H3,(H,40,42)/t23-,25-,28+/m0/s1. The normalized spacial score (nSPS) is 17.8. The first-order valence-electron chi connectivity index (χ1n) is 14.4. The van der Waals surface area contributed by atoms with Crippen molar-refractivity contribution in [2.24, 2.45) is 0 Å². The first-order valence-corrected chi connectivity index (χ1v) is 16.0. The fraction of sp³-hybridized carbons (Fsp3) is 0.375. The first-order chi connectivity index (χ1) is 21.7. The monoisotopic (exact) mass is 667 g/mol. The Labute approximate surface area is 262 Å². The van der Waals surface area contributed by atoms with E-state index in [2.05, 4.69) is 10.1 Å². The average molecular weight is 668 g/mol. The van der Waals surface area contributed by atoms with E-state index in [0.29, 0.717) is 17.5 Å². The van der Waals surface area contributed by atoms with E-state index < -0.39 is 58.6 Å². The molecular weight excluding hydrogens is 636 g/mol. The van der Waals surface area contributed by atoms with Crippen LogP contribution in [0.1, 0.15) is 65.2 Å². The molecule has 1 amide bonds. The quantitative estimate of drug-likeness (QED) is 0.221. The molecule has 0 aliphatic carbocycles. The van der Waals surface area contributed by atoms with Crippen molar-refractivity contribution in [3.63, 3.8) is 0 Å². The van der Waals surface area contributed by atoms with Crippen LogP contribution in [0.25, 0.3) is 0 Å². The van der Waals surface area contributed by atoms with Crippen molar-refractivity contribution >= 4 is 21.4 Å². The van der Waals surface area contributed by atoms with Crippen LogP contribution in [-0.2, 0) is 20.8 Å². The zero-order valence-corrected chi connectivity index (χ0v) is 25.4. The zero-order chi connectivity index (χ0) is 33.6. The van der Waals surface area contributed by atoms with Gasteiger partial charge in [0.15, 0.2) is 9.84 Å². The lowest BCUT2D eigenvalue weighted by Crippen LogP contribution is -2.46. The molecule has 14 heteroatoms. The molecule has 1 heterocycles. The smallest absolute Gasteiger partial charge is 0.363 e. The molecule has 1 fully saturated rings. The maximum atomic E-state index is 15.6. The van der Waals surface area contributed by atoms with Gasteiger partial charge in [-0.1, -0.05) is 31.2 Å². The molecule has 1 N–H and O–H groups in total. The highest BCUT2D eigenvalue weighted by molar-refractivity contribution is 7.91. The second-order valence-electron chi connectivity index (χ2n) is 10.8. The van der Waals surface area contributed by atoms with E-state index in [-0.39, 0.29) is 47.2 Å². The summed E-state index contributed by atoms with van der Waals surface area (Å²) in [5.74, 6) is -1.99. The van der Waals surface area contributed by atoms with E-state index in [1.54, 1.807) is 0 Å². The van der Waals surface area contributed by atoms with Crippen LogP contribution in [-0.4, -0.2) is 45.9 Å². The van der Waals surface area contributed by atoms with Crippen LogP contribution in [0.3, 0.4) is 0 Å². The molecule has 0 spiro atoms. The van der Waals surface area contributed by atoms with Crippen LogP contribution in [0.2, 0.25) is 0 Å². The predicted molar refractivity (Wildman–Crippen MR) is 158 cm³/mol. The van der Waals surface area contributed by atoms with Gasteiger partial charge in [-0.2, -0.15) is 27.2 Å². The second-order valence-corrected chi connectivity index (χ2v) is 13.1. The van der Waals surface area contributed by atoms with Gasteiger partial charge in [0.2, 0.25) is 0 Å². The highest BCUT2D eigenvalue weighted by Gasteiger charge is 2.34. The van der Waals surface area contributed by atoms with E-state index in [4.69, 9.17) is 0 Å². The van der Waals surface area contributed by atoms with Gasteiger partial charge in [0, 0.05) is 18.0 Å². The Hall–Kier alpha value is -4.09. The summed E-state index contributed by atoms with van der Waals surface area (Å²) in [6.07, 6.45) is -3.94. The molecule has 1 saturated heterocycles. The van der Waals surface area contributed by atoms with Gasteiger partial charge in [-0.05, 0) is 66.4 Å². The summed E-state index contributed by atoms with van der Waals surface area (Å²) in [6, 6.07) is 14.4. The number of nitriles is 1. The lowest BCUT2D eigenvalue weighted by Gasteiger charge is -2.41. The summed E-state index contributed by atoms with van der Waals surface area (Å²) in [5, 5.41) is 12.0. The number of rotatable bonds is 11. The van der Waals surface area contributed by atoms with Crippen LogP contribution < -0.4 is 10.2 Å².